The molecule has 5 heteroatoms. The standard InChI is InChI=1S/C14H27F3N2/c1-5-12(6-2)10-19(11-14(15,16)17)13(7-3,8-4)9-18-12/h18H,5-11H2,1-4H3. The third-order valence-electron chi connectivity index (χ3n) is 5.00. The number of hydrogen-bond donors (Lipinski definition) is 1. The second-order valence-electron chi connectivity index (χ2n) is 5.74. The van der Waals surface area contributed by atoms with Crippen LogP contribution in [0.1, 0.15) is 53.4 Å². The second-order valence-corrected chi connectivity index (χ2v) is 5.74. The quantitative estimate of drug-likeness (QED) is 0.828. The Morgan fingerprint density at radius 2 is 1.53 bits per heavy atom. The fraction of sp³-hybridized carbons (Fsp3) is 1.00. The van der Waals surface area contributed by atoms with Gasteiger partial charge in [-0.15, -0.1) is 0 Å². The maximum atomic E-state index is 12.9. The van der Waals surface area contributed by atoms with Crippen LogP contribution in [-0.2, 0) is 0 Å². The smallest absolute Gasteiger partial charge is 0.308 e. The molecule has 0 saturated carbocycles. The Morgan fingerprint density at radius 3 is 1.89 bits per heavy atom. The highest BCUT2D eigenvalue weighted by molar-refractivity contribution is 5.04. The van der Waals surface area contributed by atoms with E-state index in [1.165, 1.54) is 0 Å². The lowest BCUT2D eigenvalue weighted by Gasteiger charge is -2.54. The molecule has 0 radical (unpaired) electrons. The van der Waals surface area contributed by atoms with Crippen LogP contribution in [0.2, 0.25) is 0 Å². The highest BCUT2D eigenvalue weighted by Gasteiger charge is 2.47. The molecule has 19 heavy (non-hydrogen) atoms. The zero-order valence-electron chi connectivity index (χ0n) is 12.5. The predicted octanol–water partition coefficient (Wildman–Crippen LogP) is 3.57. The lowest BCUT2D eigenvalue weighted by molar-refractivity contribution is -0.169. The fourth-order valence-corrected chi connectivity index (χ4v) is 3.16. The van der Waals surface area contributed by atoms with E-state index in [1.807, 2.05) is 27.7 Å². The molecule has 0 unspecified atom stereocenters. The Hall–Kier alpha value is -0.290. The van der Waals surface area contributed by atoms with Gasteiger partial charge in [0, 0.05) is 24.2 Å². The van der Waals surface area contributed by atoms with Crippen molar-refractivity contribution in [1.29, 1.82) is 0 Å². The molecule has 1 aliphatic heterocycles. The number of nitrogens with zero attached hydrogens (tertiary/aromatic N) is 1. The van der Waals surface area contributed by atoms with E-state index in [0.717, 1.165) is 25.7 Å². The molecular formula is C14H27F3N2. The van der Waals surface area contributed by atoms with Crippen molar-refractivity contribution in [2.45, 2.75) is 70.6 Å². The molecule has 0 atom stereocenters. The van der Waals surface area contributed by atoms with E-state index in [-0.39, 0.29) is 11.1 Å². The summed E-state index contributed by atoms with van der Waals surface area (Å²) in [6, 6.07) is 0. The number of rotatable bonds is 5. The van der Waals surface area contributed by atoms with Gasteiger partial charge < -0.3 is 5.32 Å². The van der Waals surface area contributed by atoms with E-state index in [9.17, 15) is 13.2 Å². The summed E-state index contributed by atoms with van der Waals surface area (Å²) in [5, 5.41) is 3.53. The van der Waals surface area contributed by atoms with Gasteiger partial charge in [0.15, 0.2) is 0 Å². The average molecular weight is 280 g/mol. The minimum Gasteiger partial charge on any atom is -0.308 e. The van der Waals surface area contributed by atoms with Crippen LogP contribution in [0.4, 0.5) is 13.2 Å². The summed E-state index contributed by atoms with van der Waals surface area (Å²) in [5.41, 5.74) is -0.525. The molecule has 1 aliphatic rings. The van der Waals surface area contributed by atoms with E-state index in [1.54, 1.807) is 4.90 Å². The van der Waals surface area contributed by atoms with Crippen molar-refractivity contribution in [3.8, 4) is 0 Å². The Kier molecular flexibility index (Phi) is 5.29. The molecule has 1 saturated heterocycles. The molecule has 0 aromatic carbocycles. The van der Waals surface area contributed by atoms with E-state index < -0.39 is 12.7 Å². The van der Waals surface area contributed by atoms with Crippen molar-refractivity contribution < 1.29 is 13.2 Å². The third kappa shape index (κ3) is 3.63. The molecule has 1 N–H and O–H groups in total. The molecule has 2 nitrogen and oxygen atoms in total. The molecular weight excluding hydrogens is 253 g/mol. The second kappa shape index (κ2) is 6.00. The van der Waals surface area contributed by atoms with Gasteiger partial charge in [-0.05, 0) is 25.7 Å². The summed E-state index contributed by atoms with van der Waals surface area (Å²) < 4.78 is 38.6. The Bertz CT molecular complexity index is 281. The van der Waals surface area contributed by atoms with Crippen molar-refractivity contribution in [3.05, 3.63) is 0 Å². The molecule has 0 amide bonds. The van der Waals surface area contributed by atoms with Crippen molar-refractivity contribution in [1.82, 2.24) is 10.2 Å². The Labute approximate surface area is 114 Å². The van der Waals surface area contributed by atoms with Crippen LogP contribution < -0.4 is 5.32 Å². The maximum Gasteiger partial charge on any atom is 0.401 e. The molecule has 1 rings (SSSR count). The van der Waals surface area contributed by atoms with Crippen LogP contribution in [0.3, 0.4) is 0 Å². The largest absolute Gasteiger partial charge is 0.401 e. The van der Waals surface area contributed by atoms with Crippen LogP contribution >= 0.6 is 0 Å². The molecule has 0 aromatic rings. The van der Waals surface area contributed by atoms with Gasteiger partial charge in [-0.3, -0.25) is 4.90 Å². The van der Waals surface area contributed by atoms with Gasteiger partial charge in [0.2, 0.25) is 0 Å². The number of piperazine rings is 1. The normalized spacial score (nSPS) is 23.5. The topological polar surface area (TPSA) is 15.3 Å². The summed E-state index contributed by atoms with van der Waals surface area (Å²) in [4.78, 5) is 1.68. The minimum atomic E-state index is -4.12. The predicted molar refractivity (Wildman–Crippen MR) is 72.3 cm³/mol. The monoisotopic (exact) mass is 280 g/mol. The van der Waals surface area contributed by atoms with Gasteiger partial charge in [0.05, 0.1) is 6.54 Å². The first-order chi connectivity index (χ1) is 8.76. The first-order valence-corrected chi connectivity index (χ1v) is 7.33. The van der Waals surface area contributed by atoms with Gasteiger partial charge in [-0.25, -0.2) is 0 Å². The highest BCUT2D eigenvalue weighted by Crippen LogP contribution is 2.35. The molecule has 114 valence electrons. The van der Waals surface area contributed by atoms with Crippen molar-refractivity contribution in [2.24, 2.45) is 0 Å². The maximum absolute atomic E-state index is 12.9. The molecule has 0 aliphatic carbocycles. The van der Waals surface area contributed by atoms with E-state index in [2.05, 4.69) is 5.32 Å². The molecule has 1 fully saturated rings. The van der Waals surface area contributed by atoms with E-state index in [4.69, 9.17) is 0 Å². The summed E-state index contributed by atoms with van der Waals surface area (Å²) in [5.74, 6) is 0. The summed E-state index contributed by atoms with van der Waals surface area (Å²) in [7, 11) is 0. The van der Waals surface area contributed by atoms with Crippen molar-refractivity contribution in [2.75, 3.05) is 19.6 Å². The highest BCUT2D eigenvalue weighted by atomic mass is 19.4. The van der Waals surface area contributed by atoms with Crippen molar-refractivity contribution >= 4 is 0 Å². The number of hydrogen-bond acceptors (Lipinski definition) is 2. The molecule has 0 aromatic heterocycles. The lowest BCUT2D eigenvalue weighted by atomic mass is 9.80. The van der Waals surface area contributed by atoms with Crippen LogP contribution in [0.5, 0.6) is 0 Å². The van der Waals surface area contributed by atoms with E-state index in [0.29, 0.717) is 13.1 Å². The minimum absolute atomic E-state index is 0.168. The van der Waals surface area contributed by atoms with Crippen LogP contribution in [0.25, 0.3) is 0 Å². The summed E-state index contributed by atoms with van der Waals surface area (Å²) in [6.45, 7) is 8.41. The summed E-state index contributed by atoms with van der Waals surface area (Å²) in [6.07, 6.45) is -0.908. The third-order valence-corrected chi connectivity index (χ3v) is 5.00. The first-order valence-electron chi connectivity index (χ1n) is 7.33. The van der Waals surface area contributed by atoms with Gasteiger partial charge in [0.25, 0.3) is 0 Å². The van der Waals surface area contributed by atoms with Crippen molar-refractivity contribution in [3.63, 3.8) is 0 Å². The average Bonchev–Trinajstić information content (AvgIpc) is 2.37. The first kappa shape index (κ1) is 16.8. The van der Waals surface area contributed by atoms with Gasteiger partial charge in [0.1, 0.15) is 0 Å². The Balaban J connectivity index is 2.98. The number of halogens is 3. The summed E-state index contributed by atoms with van der Waals surface area (Å²) >= 11 is 0. The van der Waals surface area contributed by atoms with Gasteiger partial charge in [-0.2, -0.15) is 13.2 Å². The zero-order chi connectivity index (χ0) is 14.7. The lowest BCUT2D eigenvalue weighted by Crippen LogP contribution is -2.70. The molecule has 1 heterocycles. The van der Waals surface area contributed by atoms with Crippen LogP contribution in [0, 0.1) is 0 Å². The van der Waals surface area contributed by atoms with Gasteiger partial charge in [-0.1, -0.05) is 27.7 Å². The van der Waals surface area contributed by atoms with Crippen LogP contribution in [0.15, 0.2) is 0 Å². The zero-order valence-corrected chi connectivity index (χ0v) is 12.5. The molecule has 0 spiro atoms. The Morgan fingerprint density at radius 1 is 1.00 bits per heavy atom. The number of alkyl halides is 3. The van der Waals surface area contributed by atoms with Crippen LogP contribution in [-0.4, -0.2) is 41.8 Å². The van der Waals surface area contributed by atoms with E-state index >= 15 is 0 Å². The SMILES string of the molecule is CCC1(CC)CN(CC(F)(F)F)C(CC)(CC)CN1. The number of nitrogens with one attached hydrogen (secondary N) is 1. The molecule has 0 bridgehead atoms. The fourth-order valence-electron chi connectivity index (χ4n) is 3.16. The van der Waals surface area contributed by atoms with Gasteiger partial charge >= 0.3 is 6.18 Å².